The van der Waals surface area contributed by atoms with Crippen LogP contribution in [0.3, 0.4) is 0 Å². The lowest BCUT2D eigenvalue weighted by atomic mass is 10.2. The van der Waals surface area contributed by atoms with E-state index in [9.17, 15) is 9.59 Å². The molecule has 0 fully saturated rings. The van der Waals surface area contributed by atoms with Gasteiger partial charge in [0, 0.05) is 6.42 Å². The molecule has 0 bridgehead atoms. The molecule has 0 spiro atoms. The third-order valence-corrected chi connectivity index (χ3v) is 0.984. The number of aliphatic carboxylic acids is 2. The maximum atomic E-state index is 9.95. The van der Waals surface area contributed by atoms with Crippen molar-refractivity contribution >= 4 is 11.9 Å². The highest BCUT2D eigenvalue weighted by Crippen LogP contribution is 1.92. The van der Waals surface area contributed by atoms with E-state index in [1.54, 1.807) is 6.08 Å². The fourth-order valence-electron chi connectivity index (χ4n) is 0.509. The summed E-state index contributed by atoms with van der Waals surface area (Å²) in [7, 11) is 0. The van der Waals surface area contributed by atoms with Gasteiger partial charge in [0.2, 0.25) is 0 Å². The van der Waals surface area contributed by atoms with Gasteiger partial charge in [-0.2, -0.15) is 0 Å². The predicted octanol–water partition coefficient (Wildman–Crippen LogP) is 0.882. The minimum absolute atomic E-state index is 0.0420. The Balaban J connectivity index is 3.30. The van der Waals surface area contributed by atoms with Gasteiger partial charge in [-0.25, -0.2) is 0 Å². The van der Waals surface area contributed by atoms with E-state index < -0.39 is 11.9 Å². The van der Waals surface area contributed by atoms with Crippen LogP contribution in [0, 0.1) is 0 Å². The molecule has 0 heterocycles. The second-order valence-electron chi connectivity index (χ2n) is 2.00. The van der Waals surface area contributed by atoms with Crippen LogP contribution in [0.2, 0.25) is 0 Å². The van der Waals surface area contributed by atoms with Gasteiger partial charge in [0.1, 0.15) is 0 Å². The van der Waals surface area contributed by atoms with Crippen LogP contribution >= 0.6 is 0 Å². The first-order valence-corrected chi connectivity index (χ1v) is 3.21. The number of hydrogen-bond donors (Lipinski definition) is 2. The molecule has 0 aromatic rings. The quantitative estimate of drug-likeness (QED) is 0.582. The van der Waals surface area contributed by atoms with E-state index in [1.807, 2.05) is 0 Å². The van der Waals surface area contributed by atoms with E-state index in [0.717, 1.165) is 0 Å². The van der Waals surface area contributed by atoms with Crippen molar-refractivity contribution in [2.45, 2.75) is 19.3 Å². The molecular weight excluding hydrogens is 148 g/mol. The van der Waals surface area contributed by atoms with Gasteiger partial charge in [-0.05, 0) is 6.42 Å². The topological polar surface area (TPSA) is 74.6 Å². The number of carboxylic acid groups (broad SMARTS) is 2. The van der Waals surface area contributed by atoms with Crippen molar-refractivity contribution in [2.24, 2.45) is 0 Å². The average molecular weight is 158 g/mol. The molecule has 4 heteroatoms. The summed E-state index contributed by atoms with van der Waals surface area (Å²) in [6.07, 6.45) is 3.41. The Bertz CT molecular complexity index is 171. The lowest BCUT2D eigenvalue weighted by Crippen LogP contribution is -1.92. The van der Waals surface area contributed by atoms with Gasteiger partial charge in [0.15, 0.2) is 0 Å². The maximum absolute atomic E-state index is 9.95. The SMILES string of the molecule is O=C(O)C/C=C\CCC(=O)O. The molecule has 0 aliphatic heterocycles. The molecule has 0 unspecified atom stereocenters. The van der Waals surface area contributed by atoms with E-state index in [1.165, 1.54) is 6.08 Å². The molecule has 0 aromatic heterocycles. The zero-order valence-electron chi connectivity index (χ0n) is 5.99. The Labute approximate surface area is 64.2 Å². The van der Waals surface area contributed by atoms with Gasteiger partial charge >= 0.3 is 11.9 Å². The first kappa shape index (κ1) is 9.68. The summed E-state index contributed by atoms with van der Waals surface area (Å²) < 4.78 is 0. The minimum Gasteiger partial charge on any atom is -0.481 e. The average Bonchev–Trinajstić information content (AvgIpc) is 1.85. The lowest BCUT2D eigenvalue weighted by molar-refractivity contribution is -0.137. The third-order valence-electron chi connectivity index (χ3n) is 0.984. The molecule has 11 heavy (non-hydrogen) atoms. The number of hydrogen-bond acceptors (Lipinski definition) is 2. The van der Waals surface area contributed by atoms with Crippen molar-refractivity contribution in [1.82, 2.24) is 0 Å². The molecule has 0 aromatic carbocycles. The molecule has 0 saturated carbocycles. The molecule has 0 aliphatic rings. The Morgan fingerprint density at radius 2 is 1.73 bits per heavy atom. The van der Waals surface area contributed by atoms with E-state index in [0.29, 0.717) is 6.42 Å². The Morgan fingerprint density at radius 3 is 2.18 bits per heavy atom. The standard InChI is InChI=1S/C7H10O4/c8-6(9)4-2-1-3-5-7(10)11/h1-2H,3-5H2,(H,8,9)(H,10,11)/b2-1-. The van der Waals surface area contributed by atoms with Crippen molar-refractivity contribution in [3.05, 3.63) is 12.2 Å². The van der Waals surface area contributed by atoms with Crippen LogP contribution in [0.1, 0.15) is 19.3 Å². The molecule has 0 rings (SSSR count). The molecular formula is C7H10O4. The van der Waals surface area contributed by atoms with Gasteiger partial charge in [0.25, 0.3) is 0 Å². The van der Waals surface area contributed by atoms with E-state index in [4.69, 9.17) is 10.2 Å². The second kappa shape index (κ2) is 5.46. The summed E-state index contributed by atoms with van der Waals surface area (Å²) in [6, 6.07) is 0. The van der Waals surface area contributed by atoms with Crippen LogP contribution in [0.15, 0.2) is 12.2 Å². The van der Waals surface area contributed by atoms with Crippen LogP contribution < -0.4 is 0 Å². The number of carbonyl (C=O) groups is 2. The van der Waals surface area contributed by atoms with Crippen molar-refractivity contribution in [2.75, 3.05) is 0 Å². The molecule has 0 radical (unpaired) electrons. The van der Waals surface area contributed by atoms with Crippen LogP contribution in [0.5, 0.6) is 0 Å². The maximum Gasteiger partial charge on any atom is 0.307 e. The molecule has 62 valence electrons. The summed E-state index contributed by atoms with van der Waals surface area (Å²) >= 11 is 0. The van der Waals surface area contributed by atoms with Gasteiger partial charge < -0.3 is 10.2 Å². The lowest BCUT2D eigenvalue weighted by Gasteiger charge is -1.86. The Hall–Kier alpha value is -1.32. The summed E-state index contributed by atoms with van der Waals surface area (Å²) in [5.41, 5.74) is 0. The van der Waals surface area contributed by atoms with Crippen LogP contribution in [0.4, 0.5) is 0 Å². The van der Waals surface area contributed by atoms with E-state index >= 15 is 0 Å². The molecule has 0 amide bonds. The summed E-state index contributed by atoms with van der Waals surface area (Å²) in [4.78, 5) is 19.9. The van der Waals surface area contributed by atoms with Crippen molar-refractivity contribution < 1.29 is 19.8 Å². The molecule has 0 aliphatic carbocycles. The van der Waals surface area contributed by atoms with Crippen LogP contribution in [-0.4, -0.2) is 22.2 Å². The zero-order chi connectivity index (χ0) is 8.69. The fourth-order valence-corrected chi connectivity index (χ4v) is 0.509. The van der Waals surface area contributed by atoms with E-state index in [-0.39, 0.29) is 12.8 Å². The molecule has 0 atom stereocenters. The highest BCUT2D eigenvalue weighted by Gasteiger charge is 1.92. The largest absolute Gasteiger partial charge is 0.481 e. The predicted molar refractivity (Wildman–Crippen MR) is 38.3 cm³/mol. The summed E-state index contributed by atoms with van der Waals surface area (Å²) in [5.74, 6) is -1.78. The highest BCUT2D eigenvalue weighted by molar-refractivity contribution is 5.68. The summed E-state index contributed by atoms with van der Waals surface area (Å²) in [6.45, 7) is 0. The van der Waals surface area contributed by atoms with Crippen LogP contribution in [0.25, 0.3) is 0 Å². The first-order chi connectivity index (χ1) is 5.13. The van der Waals surface area contributed by atoms with Crippen molar-refractivity contribution in [3.8, 4) is 0 Å². The van der Waals surface area contributed by atoms with Crippen molar-refractivity contribution in [3.63, 3.8) is 0 Å². The number of rotatable bonds is 5. The minimum atomic E-state index is -0.906. The van der Waals surface area contributed by atoms with E-state index in [2.05, 4.69) is 0 Å². The molecule has 2 N–H and O–H groups in total. The second-order valence-corrected chi connectivity index (χ2v) is 2.00. The fraction of sp³-hybridized carbons (Fsp3) is 0.429. The van der Waals surface area contributed by atoms with Crippen LogP contribution in [-0.2, 0) is 9.59 Å². The normalized spacial score (nSPS) is 10.2. The summed E-state index contributed by atoms with van der Waals surface area (Å²) in [5, 5.41) is 16.3. The molecule has 0 saturated heterocycles. The smallest absolute Gasteiger partial charge is 0.307 e. The van der Waals surface area contributed by atoms with Gasteiger partial charge in [0.05, 0.1) is 6.42 Å². The highest BCUT2D eigenvalue weighted by atomic mass is 16.4. The monoisotopic (exact) mass is 158 g/mol. The van der Waals surface area contributed by atoms with Crippen molar-refractivity contribution in [1.29, 1.82) is 0 Å². The van der Waals surface area contributed by atoms with Gasteiger partial charge in [-0.1, -0.05) is 12.2 Å². The first-order valence-electron chi connectivity index (χ1n) is 3.21. The third kappa shape index (κ3) is 8.68. The van der Waals surface area contributed by atoms with Gasteiger partial charge in [-0.15, -0.1) is 0 Å². The van der Waals surface area contributed by atoms with Gasteiger partial charge in [-0.3, -0.25) is 9.59 Å². The number of allylic oxidation sites excluding steroid dienone is 1. The Morgan fingerprint density at radius 1 is 1.09 bits per heavy atom. The molecule has 4 nitrogen and oxygen atoms in total. The number of carboxylic acids is 2. The zero-order valence-corrected chi connectivity index (χ0v) is 5.99. The Kier molecular flexibility index (Phi) is 4.81.